The molecule has 0 saturated carbocycles. The molecule has 0 bridgehead atoms. The van der Waals surface area contributed by atoms with E-state index in [4.69, 9.17) is 4.42 Å². The molecule has 8 heteroatoms. The maximum atomic E-state index is 12.3. The van der Waals surface area contributed by atoms with Crippen LogP contribution in [0.15, 0.2) is 41.3 Å². The highest BCUT2D eigenvalue weighted by Crippen LogP contribution is 2.18. The Morgan fingerprint density at radius 1 is 1.44 bits per heavy atom. The average molecular weight is 341 g/mol. The normalized spacial score (nSPS) is 12.1. The first-order valence-corrected chi connectivity index (χ1v) is 7.98. The van der Waals surface area contributed by atoms with E-state index in [9.17, 15) is 9.90 Å². The predicted molar refractivity (Wildman–Crippen MR) is 90.2 cm³/mol. The summed E-state index contributed by atoms with van der Waals surface area (Å²) in [5.74, 6) is 0.678. The van der Waals surface area contributed by atoms with Gasteiger partial charge in [-0.2, -0.15) is 5.10 Å². The summed E-state index contributed by atoms with van der Waals surface area (Å²) in [6.07, 6.45) is 4.66. The summed E-state index contributed by atoms with van der Waals surface area (Å²) in [7, 11) is 0. The van der Waals surface area contributed by atoms with E-state index < -0.39 is 6.10 Å². The molecule has 3 rings (SSSR count). The summed E-state index contributed by atoms with van der Waals surface area (Å²) in [4.78, 5) is 20.9. The topological polar surface area (TPSA) is 106 Å². The SMILES string of the molecule is CC[C@H](O)CNC(=O)c1cnn(-c2nccc(-c3ccco3)n2)c1C. The number of amides is 1. The highest BCUT2D eigenvalue weighted by Gasteiger charge is 2.17. The first-order chi connectivity index (χ1) is 12.1. The lowest BCUT2D eigenvalue weighted by Gasteiger charge is -2.09. The third-order valence-electron chi connectivity index (χ3n) is 3.83. The van der Waals surface area contributed by atoms with Crippen LogP contribution in [0.5, 0.6) is 0 Å². The monoisotopic (exact) mass is 341 g/mol. The molecule has 0 saturated heterocycles. The Labute approximate surface area is 144 Å². The third kappa shape index (κ3) is 3.58. The Kier molecular flexibility index (Phi) is 4.90. The van der Waals surface area contributed by atoms with Crippen LogP contribution in [0, 0.1) is 6.92 Å². The number of nitrogens with zero attached hydrogens (tertiary/aromatic N) is 4. The van der Waals surface area contributed by atoms with Gasteiger partial charge in [-0.3, -0.25) is 4.79 Å². The maximum Gasteiger partial charge on any atom is 0.254 e. The van der Waals surface area contributed by atoms with Crippen LogP contribution in [0.1, 0.15) is 29.4 Å². The minimum absolute atomic E-state index is 0.199. The fraction of sp³-hybridized carbons (Fsp3) is 0.294. The smallest absolute Gasteiger partial charge is 0.254 e. The number of nitrogens with one attached hydrogen (secondary N) is 1. The molecule has 0 aliphatic carbocycles. The number of furan rings is 1. The zero-order valence-electron chi connectivity index (χ0n) is 14.0. The number of carbonyl (C=O) groups excluding carboxylic acids is 1. The van der Waals surface area contributed by atoms with Gasteiger partial charge in [0.05, 0.1) is 29.8 Å². The largest absolute Gasteiger partial charge is 0.463 e. The zero-order valence-corrected chi connectivity index (χ0v) is 14.0. The molecule has 0 aliphatic rings. The molecule has 0 unspecified atom stereocenters. The molecular weight excluding hydrogens is 322 g/mol. The lowest BCUT2D eigenvalue weighted by molar-refractivity contribution is 0.0913. The van der Waals surface area contributed by atoms with E-state index in [0.717, 1.165) is 0 Å². The summed E-state index contributed by atoms with van der Waals surface area (Å²) >= 11 is 0. The molecule has 0 fully saturated rings. The average Bonchev–Trinajstić information content (AvgIpc) is 3.29. The highest BCUT2D eigenvalue weighted by atomic mass is 16.3. The Morgan fingerprint density at radius 3 is 3.00 bits per heavy atom. The molecule has 8 nitrogen and oxygen atoms in total. The molecule has 0 aliphatic heterocycles. The summed E-state index contributed by atoms with van der Waals surface area (Å²) in [5, 5.41) is 16.5. The molecule has 0 aromatic carbocycles. The minimum atomic E-state index is -0.562. The van der Waals surface area contributed by atoms with Crippen molar-refractivity contribution >= 4 is 5.91 Å². The van der Waals surface area contributed by atoms with Crippen molar-refractivity contribution in [2.45, 2.75) is 26.4 Å². The van der Waals surface area contributed by atoms with Crippen LogP contribution >= 0.6 is 0 Å². The van der Waals surface area contributed by atoms with Crippen LogP contribution in [0.25, 0.3) is 17.4 Å². The van der Waals surface area contributed by atoms with Gasteiger partial charge in [-0.1, -0.05) is 6.92 Å². The zero-order chi connectivity index (χ0) is 17.8. The molecule has 3 aromatic heterocycles. The molecule has 130 valence electrons. The minimum Gasteiger partial charge on any atom is -0.463 e. The quantitative estimate of drug-likeness (QED) is 0.707. The predicted octanol–water partition coefficient (Wildman–Crippen LogP) is 1.73. The Bertz CT molecular complexity index is 857. The van der Waals surface area contributed by atoms with E-state index in [2.05, 4.69) is 20.4 Å². The number of aromatic nitrogens is 4. The first kappa shape index (κ1) is 16.8. The van der Waals surface area contributed by atoms with Gasteiger partial charge in [0.1, 0.15) is 5.69 Å². The van der Waals surface area contributed by atoms with Gasteiger partial charge in [0, 0.05) is 12.7 Å². The van der Waals surface area contributed by atoms with Gasteiger partial charge in [0.25, 0.3) is 11.9 Å². The Morgan fingerprint density at radius 2 is 2.28 bits per heavy atom. The van der Waals surface area contributed by atoms with E-state index in [1.165, 1.54) is 10.9 Å². The third-order valence-corrected chi connectivity index (χ3v) is 3.83. The highest BCUT2D eigenvalue weighted by molar-refractivity contribution is 5.95. The van der Waals surface area contributed by atoms with Crippen LogP contribution in [0.4, 0.5) is 0 Å². The van der Waals surface area contributed by atoms with Gasteiger partial charge >= 0.3 is 0 Å². The lowest BCUT2D eigenvalue weighted by Crippen LogP contribution is -2.31. The van der Waals surface area contributed by atoms with E-state index in [-0.39, 0.29) is 12.5 Å². The fourth-order valence-electron chi connectivity index (χ4n) is 2.30. The van der Waals surface area contributed by atoms with Crippen LogP contribution in [-0.4, -0.2) is 43.4 Å². The molecular formula is C17H19N5O3. The number of rotatable bonds is 6. The van der Waals surface area contributed by atoms with Crippen molar-refractivity contribution in [3.63, 3.8) is 0 Å². The van der Waals surface area contributed by atoms with Crippen LogP contribution in [0.3, 0.4) is 0 Å². The molecule has 2 N–H and O–H groups in total. The Hall–Kier alpha value is -3.00. The van der Waals surface area contributed by atoms with E-state index in [1.807, 2.05) is 6.92 Å². The fourth-order valence-corrected chi connectivity index (χ4v) is 2.30. The van der Waals surface area contributed by atoms with Crippen molar-refractivity contribution in [1.82, 2.24) is 25.1 Å². The van der Waals surface area contributed by atoms with E-state index >= 15 is 0 Å². The Balaban J connectivity index is 1.84. The second kappa shape index (κ2) is 7.27. The van der Waals surface area contributed by atoms with Crippen LogP contribution in [-0.2, 0) is 0 Å². The maximum absolute atomic E-state index is 12.3. The van der Waals surface area contributed by atoms with Crippen molar-refractivity contribution in [2.75, 3.05) is 6.54 Å². The standard InChI is InChI=1S/C17H19N5O3/c1-3-12(23)9-19-16(24)13-10-20-22(11(13)2)17-18-7-6-14(21-17)15-5-4-8-25-15/h4-8,10,12,23H,3,9H2,1-2H3,(H,19,24)/t12-/m0/s1. The van der Waals surface area contributed by atoms with Gasteiger partial charge in [-0.05, 0) is 31.5 Å². The first-order valence-electron chi connectivity index (χ1n) is 7.98. The van der Waals surface area contributed by atoms with Crippen molar-refractivity contribution in [3.8, 4) is 17.4 Å². The molecule has 25 heavy (non-hydrogen) atoms. The second-order valence-electron chi connectivity index (χ2n) is 5.55. The molecule has 1 atom stereocenters. The second-order valence-corrected chi connectivity index (χ2v) is 5.55. The summed E-state index contributed by atoms with van der Waals surface area (Å²) in [6, 6.07) is 5.32. The number of aliphatic hydroxyl groups is 1. The summed E-state index contributed by atoms with van der Waals surface area (Å²) in [5.41, 5.74) is 1.65. The van der Waals surface area contributed by atoms with Crippen molar-refractivity contribution in [3.05, 3.63) is 48.1 Å². The van der Waals surface area contributed by atoms with Crippen molar-refractivity contribution < 1.29 is 14.3 Å². The molecule has 1 amide bonds. The molecule has 3 aromatic rings. The number of hydrogen-bond acceptors (Lipinski definition) is 6. The number of carbonyl (C=O) groups is 1. The van der Waals surface area contributed by atoms with Gasteiger partial charge in [0.15, 0.2) is 5.76 Å². The van der Waals surface area contributed by atoms with Gasteiger partial charge in [0.2, 0.25) is 0 Å². The summed E-state index contributed by atoms with van der Waals surface area (Å²) < 4.78 is 6.84. The lowest BCUT2D eigenvalue weighted by atomic mass is 10.2. The molecule has 0 spiro atoms. The van der Waals surface area contributed by atoms with Crippen LogP contribution < -0.4 is 5.32 Å². The van der Waals surface area contributed by atoms with Gasteiger partial charge in [-0.25, -0.2) is 14.6 Å². The van der Waals surface area contributed by atoms with Gasteiger partial charge < -0.3 is 14.8 Å². The van der Waals surface area contributed by atoms with Crippen LogP contribution in [0.2, 0.25) is 0 Å². The van der Waals surface area contributed by atoms with Crippen molar-refractivity contribution in [2.24, 2.45) is 0 Å². The summed E-state index contributed by atoms with van der Waals surface area (Å²) in [6.45, 7) is 3.81. The number of hydrogen-bond donors (Lipinski definition) is 2. The van der Waals surface area contributed by atoms with Crippen molar-refractivity contribution in [1.29, 1.82) is 0 Å². The van der Waals surface area contributed by atoms with E-state index in [1.54, 1.807) is 37.6 Å². The number of aliphatic hydroxyl groups excluding tert-OH is 1. The molecule has 3 heterocycles. The molecule has 0 radical (unpaired) electrons. The van der Waals surface area contributed by atoms with Gasteiger partial charge in [-0.15, -0.1) is 0 Å². The van der Waals surface area contributed by atoms with E-state index in [0.29, 0.717) is 35.1 Å².